The van der Waals surface area contributed by atoms with Crippen LogP contribution < -0.4 is 4.90 Å². The topological polar surface area (TPSA) is 81.0 Å². The summed E-state index contributed by atoms with van der Waals surface area (Å²) in [5, 5.41) is 28.6. The second-order valence-corrected chi connectivity index (χ2v) is 4.98. The van der Waals surface area contributed by atoms with E-state index < -0.39 is 5.97 Å². The van der Waals surface area contributed by atoms with Crippen LogP contribution in [0.1, 0.15) is 5.56 Å². The molecular weight excluding hydrogens is 294 g/mol. The Morgan fingerprint density at radius 1 is 1.14 bits per heavy atom. The van der Waals surface area contributed by atoms with Crippen LogP contribution in [-0.2, 0) is 11.3 Å². The van der Waals surface area contributed by atoms with Crippen molar-refractivity contribution in [2.24, 2.45) is 0 Å². The molecule has 0 fully saturated rings. The van der Waals surface area contributed by atoms with Crippen molar-refractivity contribution in [2.75, 3.05) is 11.4 Å². The molecule has 0 aliphatic heterocycles. The van der Waals surface area contributed by atoms with E-state index in [2.05, 4.69) is 0 Å². The first-order chi connectivity index (χ1) is 9.95. The van der Waals surface area contributed by atoms with E-state index in [0.29, 0.717) is 16.3 Å². The molecule has 0 aliphatic rings. The van der Waals surface area contributed by atoms with E-state index in [1.165, 1.54) is 12.1 Å². The molecule has 2 aromatic rings. The monoisotopic (exact) mass is 307 g/mol. The molecule has 0 bridgehead atoms. The number of aromatic hydroxyl groups is 2. The zero-order valence-electron chi connectivity index (χ0n) is 11.0. The van der Waals surface area contributed by atoms with Crippen LogP contribution in [0.25, 0.3) is 0 Å². The summed E-state index contributed by atoms with van der Waals surface area (Å²) in [5.74, 6) is -1.13. The molecule has 110 valence electrons. The molecule has 0 amide bonds. The van der Waals surface area contributed by atoms with Crippen molar-refractivity contribution in [3.63, 3.8) is 0 Å². The van der Waals surface area contributed by atoms with E-state index in [-0.39, 0.29) is 24.6 Å². The molecular formula is C15H14ClNO4. The SMILES string of the molecule is O=C(O)CN(Cc1ccc(O)cc1O)c1cccc(Cl)c1. The number of carboxylic acids is 1. The number of hydrogen-bond donors (Lipinski definition) is 3. The number of anilines is 1. The van der Waals surface area contributed by atoms with Gasteiger partial charge in [-0.1, -0.05) is 17.7 Å². The molecule has 2 rings (SSSR count). The predicted molar refractivity (Wildman–Crippen MR) is 79.9 cm³/mol. The van der Waals surface area contributed by atoms with Gasteiger partial charge >= 0.3 is 5.97 Å². The third-order valence-corrected chi connectivity index (χ3v) is 3.16. The van der Waals surface area contributed by atoms with Crippen LogP contribution in [0.2, 0.25) is 5.02 Å². The minimum absolute atomic E-state index is 0.0520. The second-order valence-electron chi connectivity index (χ2n) is 4.54. The maximum Gasteiger partial charge on any atom is 0.323 e. The Morgan fingerprint density at radius 2 is 1.90 bits per heavy atom. The van der Waals surface area contributed by atoms with Crippen LogP contribution in [-0.4, -0.2) is 27.8 Å². The van der Waals surface area contributed by atoms with Crippen molar-refractivity contribution in [3.05, 3.63) is 53.1 Å². The Labute approximate surface area is 126 Å². The first-order valence-corrected chi connectivity index (χ1v) is 6.56. The third-order valence-electron chi connectivity index (χ3n) is 2.93. The molecule has 0 saturated carbocycles. The first-order valence-electron chi connectivity index (χ1n) is 6.19. The molecule has 2 aromatic carbocycles. The number of benzene rings is 2. The van der Waals surface area contributed by atoms with E-state index in [0.717, 1.165) is 0 Å². The van der Waals surface area contributed by atoms with Gasteiger partial charge in [0.05, 0.1) is 0 Å². The van der Waals surface area contributed by atoms with Gasteiger partial charge in [0.15, 0.2) is 0 Å². The molecule has 0 radical (unpaired) electrons. The Bertz CT molecular complexity index is 660. The summed E-state index contributed by atoms with van der Waals surface area (Å²) >= 11 is 5.92. The molecule has 5 nitrogen and oxygen atoms in total. The molecule has 0 aromatic heterocycles. The van der Waals surface area contributed by atoms with E-state index in [9.17, 15) is 15.0 Å². The molecule has 0 saturated heterocycles. The number of aliphatic carboxylic acids is 1. The van der Waals surface area contributed by atoms with Crippen LogP contribution in [0.3, 0.4) is 0 Å². The lowest BCUT2D eigenvalue weighted by molar-refractivity contribution is -0.135. The Balaban J connectivity index is 2.30. The summed E-state index contributed by atoms with van der Waals surface area (Å²) in [4.78, 5) is 12.6. The predicted octanol–water partition coefficient (Wildman–Crippen LogP) is 2.84. The summed E-state index contributed by atoms with van der Waals surface area (Å²) < 4.78 is 0. The molecule has 6 heteroatoms. The van der Waals surface area contributed by atoms with E-state index in [1.54, 1.807) is 35.2 Å². The van der Waals surface area contributed by atoms with Gasteiger partial charge in [0.1, 0.15) is 18.0 Å². The minimum atomic E-state index is -0.992. The largest absolute Gasteiger partial charge is 0.508 e. The number of rotatable bonds is 5. The van der Waals surface area contributed by atoms with Gasteiger partial charge in [-0.2, -0.15) is 0 Å². The van der Waals surface area contributed by atoms with Crippen molar-refractivity contribution in [2.45, 2.75) is 6.54 Å². The fourth-order valence-electron chi connectivity index (χ4n) is 1.97. The number of phenols is 2. The quantitative estimate of drug-likeness (QED) is 0.791. The average molecular weight is 308 g/mol. The Kier molecular flexibility index (Phi) is 4.55. The number of carbonyl (C=O) groups is 1. The lowest BCUT2D eigenvalue weighted by atomic mass is 10.1. The zero-order valence-corrected chi connectivity index (χ0v) is 11.8. The third kappa shape index (κ3) is 4.03. The highest BCUT2D eigenvalue weighted by atomic mass is 35.5. The van der Waals surface area contributed by atoms with Crippen LogP contribution in [0.4, 0.5) is 5.69 Å². The summed E-state index contributed by atoms with van der Waals surface area (Å²) in [6, 6.07) is 11.0. The fraction of sp³-hybridized carbons (Fsp3) is 0.133. The standard InChI is InChI=1S/C15H14ClNO4/c16-11-2-1-3-12(6-11)17(9-15(20)21)8-10-4-5-13(18)7-14(10)19/h1-7,18-19H,8-9H2,(H,20,21). The zero-order chi connectivity index (χ0) is 15.4. The molecule has 21 heavy (non-hydrogen) atoms. The van der Waals surface area contributed by atoms with Crippen molar-refractivity contribution >= 4 is 23.3 Å². The smallest absolute Gasteiger partial charge is 0.323 e. The van der Waals surface area contributed by atoms with Gasteiger partial charge in [0, 0.05) is 28.9 Å². The van der Waals surface area contributed by atoms with Crippen molar-refractivity contribution in [1.82, 2.24) is 0 Å². The Hall–Kier alpha value is -2.40. The Morgan fingerprint density at radius 3 is 2.52 bits per heavy atom. The van der Waals surface area contributed by atoms with Gasteiger partial charge in [-0.15, -0.1) is 0 Å². The summed E-state index contributed by atoms with van der Waals surface area (Å²) in [6.07, 6.45) is 0. The highest BCUT2D eigenvalue weighted by Gasteiger charge is 2.14. The van der Waals surface area contributed by atoms with Crippen molar-refractivity contribution < 1.29 is 20.1 Å². The summed E-state index contributed by atoms with van der Waals surface area (Å²) in [5.41, 5.74) is 1.14. The van der Waals surface area contributed by atoms with Crippen LogP contribution in [0, 0.1) is 0 Å². The number of nitrogens with zero attached hydrogens (tertiary/aromatic N) is 1. The lowest BCUT2D eigenvalue weighted by Gasteiger charge is -2.23. The normalized spacial score (nSPS) is 10.3. The summed E-state index contributed by atoms with van der Waals surface area (Å²) in [7, 11) is 0. The molecule has 0 heterocycles. The molecule has 3 N–H and O–H groups in total. The van der Waals surface area contributed by atoms with E-state index in [1.807, 2.05) is 0 Å². The number of phenolic OH excluding ortho intramolecular Hbond substituents is 2. The average Bonchev–Trinajstić information content (AvgIpc) is 2.40. The second kappa shape index (κ2) is 6.37. The molecule has 0 unspecified atom stereocenters. The number of carboxylic acid groups (broad SMARTS) is 1. The van der Waals surface area contributed by atoms with Gasteiger partial charge < -0.3 is 20.2 Å². The van der Waals surface area contributed by atoms with Gasteiger partial charge in [-0.3, -0.25) is 4.79 Å². The number of halogens is 1. The fourth-order valence-corrected chi connectivity index (χ4v) is 2.15. The lowest BCUT2D eigenvalue weighted by Crippen LogP contribution is -2.29. The molecule has 0 aliphatic carbocycles. The van der Waals surface area contributed by atoms with Gasteiger partial charge in [0.2, 0.25) is 0 Å². The van der Waals surface area contributed by atoms with Crippen molar-refractivity contribution in [1.29, 1.82) is 0 Å². The van der Waals surface area contributed by atoms with Crippen LogP contribution >= 0.6 is 11.6 Å². The molecule has 0 spiro atoms. The highest BCUT2D eigenvalue weighted by Crippen LogP contribution is 2.27. The minimum Gasteiger partial charge on any atom is -0.508 e. The van der Waals surface area contributed by atoms with Crippen molar-refractivity contribution in [3.8, 4) is 11.5 Å². The molecule has 0 atom stereocenters. The highest BCUT2D eigenvalue weighted by molar-refractivity contribution is 6.30. The first kappa shape index (κ1) is 15.0. The maximum atomic E-state index is 11.0. The summed E-state index contributed by atoms with van der Waals surface area (Å²) in [6.45, 7) is -0.0561. The maximum absolute atomic E-state index is 11.0. The van der Waals surface area contributed by atoms with E-state index >= 15 is 0 Å². The van der Waals surface area contributed by atoms with Gasteiger partial charge in [-0.25, -0.2) is 0 Å². The van der Waals surface area contributed by atoms with Crippen LogP contribution in [0.15, 0.2) is 42.5 Å². The van der Waals surface area contributed by atoms with Gasteiger partial charge in [0.25, 0.3) is 0 Å². The van der Waals surface area contributed by atoms with Crippen LogP contribution in [0.5, 0.6) is 11.5 Å². The van der Waals surface area contributed by atoms with E-state index in [4.69, 9.17) is 16.7 Å². The number of hydrogen-bond acceptors (Lipinski definition) is 4. The van der Waals surface area contributed by atoms with Gasteiger partial charge in [-0.05, 0) is 30.3 Å².